The van der Waals surface area contributed by atoms with Gasteiger partial charge in [-0.3, -0.25) is 0 Å². The fraction of sp³-hybridized carbons (Fsp3) is 0.200. The van der Waals surface area contributed by atoms with Gasteiger partial charge in [0, 0.05) is 10.4 Å². The van der Waals surface area contributed by atoms with Gasteiger partial charge in [-0.05, 0) is 26.3 Å². The third kappa shape index (κ3) is 1.98. The fourth-order valence-corrected chi connectivity index (χ4v) is 3.15. The third-order valence-corrected chi connectivity index (χ3v) is 4.47. The molecule has 3 nitrogen and oxygen atoms in total. The summed E-state index contributed by atoms with van der Waals surface area (Å²) in [5.74, 6) is 1.27. The Balaban J connectivity index is 2.23. The Morgan fingerprint density at radius 2 is 1.68 bits per heavy atom. The van der Waals surface area contributed by atoms with Crippen molar-refractivity contribution in [3.63, 3.8) is 0 Å². The Labute approximate surface area is 116 Å². The van der Waals surface area contributed by atoms with Crippen molar-refractivity contribution < 1.29 is 0 Å². The fourth-order valence-electron chi connectivity index (χ4n) is 2.11. The first-order valence-electron chi connectivity index (χ1n) is 6.16. The molecule has 0 atom stereocenters. The van der Waals surface area contributed by atoms with E-state index in [4.69, 9.17) is 5.73 Å². The molecular weight excluding hydrogens is 254 g/mol. The molecular formula is C15H15N3S. The van der Waals surface area contributed by atoms with E-state index < -0.39 is 0 Å². The Morgan fingerprint density at radius 1 is 1.00 bits per heavy atom. The second kappa shape index (κ2) is 4.31. The van der Waals surface area contributed by atoms with E-state index in [1.54, 1.807) is 11.3 Å². The number of thiophene rings is 1. The van der Waals surface area contributed by atoms with E-state index in [9.17, 15) is 0 Å². The van der Waals surface area contributed by atoms with Crippen molar-refractivity contribution in [2.45, 2.75) is 20.8 Å². The summed E-state index contributed by atoms with van der Waals surface area (Å²) in [5.41, 5.74) is 9.51. The molecule has 0 saturated heterocycles. The van der Waals surface area contributed by atoms with Crippen LogP contribution in [-0.4, -0.2) is 9.97 Å². The topological polar surface area (TPSA) is 51.8 Å². The van der Waals surface area contributed by atoms with Crippen molar-refractivity contribution in [3.8, 4) is 11.4 Å². The molecule has 96 valence electrons. The summed E-state index contributed by atoms with van der Waals surface area (Å²) in [5, 5.41) is 0.998. The van der Waals surface area contributed by atoms with Gasteiger partial charge >= 0.3 is 0 Å². The van der Waals surface area contributed by atoms with E-state index in [0.717, 1.165) is 15.8 Å². The van der Waals surface area contributed by atoms with Gasteiger partial charge in [-0.15, -0.1) is 11.3 Å². The van der Waals surface area contributed by atoms with Gasteiger partial charge in [-0.25, -0.2) is 9.97 Å². The number of fused-ring (bicyclic) bond motifs is 1. The average molecular weight is 269 g/mol. The Bertz CT molecular complexity index is 757. The van der Waals surface area contributed by atoms with Crippen molar-refractivity contribution >= 4 is 27.4 Å². The minimum absolute atomic E-state index is 0.572. The lowest BCUT2D eigenvalue weighted by Crippen LogP contribution is -1.97. The van der Waals surface area contributed by atoms with E-state index >= 15 is 0 Å². The van der Waals surface area contributed by atoms with Crippen LogP contribution in [0.15, 0.2) is 24.3 Å². The molecule has 2 aromatic heterocycles. The molecule has 0 fully saturated rings. The molecule has 19 heavy (non-hydrogen) atoms. The van der Waals surface area contributed by atoms with E-state index in [1.165, 1.54) is 16.0 Å². The van der Waals surface area contributed by atoms with E-state index in [0.29, 0.717) is 11.6 Å². The zero-order valence-electron chi connectivity index (χ0n) is 11.2. The quantitative estimate of drug-likeness (QED) is 0.729. The lowest BCUT2D eigenvalue weighted by atomic mass is 10.1. The van der Waals surface area contributed by atoms with Gasteiger partial charge in [0.1, 0.15) is 10.6 Å². The normalized spacial score (nSPS) is 11.1. The molecule has 0 aliphatic rings. The average Bonchev–Trinajstić information content (AvgIpc) is 2.66. The van der Waals surface area contributed by atoms with Crippen LogP contribution in [0.4, 0.5) is 5.82 Å². The Hall–Kier alpha value is -1.94. The van der Waals surface area contributed by atoms with Crippen LogP contribution in [-0.2, 0) is 0 Å². The molecule has 0 saturated carbocycles. The molecule has 4 heteroatoms. The van der Waals surface area contributed by atoms with Gasteiger partial charge in [0.05, 0.1) is 5.39 Å². The first-order chi connectivity index (χ1) is 9.06. The van der Waals surface area contributed by atoms with Crippen molar-refractivity contribution in [1.82, 2.24) is 9.97 Å². The summed E-state index contributed by atoms with van der Waals surface area (Å²) in [7, 11) is 0. The van der Waals surface area contributed by atoms with Gasteiger partial charge in [-0.1, -0.05) is 29.8 Å². The molecule has 0 radical (unpaired) electrons. The first-order valence-corrected chi connectivity index (χ1v) is 6.98. The van der Waals surface area contributed by atoms with Crippen molar-refractivity contribution in [1.29, 1.82) is 0 Å². The highest BCUT2D eigenvalue weighted by Crippen LogP contribution is 2.33. The lowest BCUT2D eigenvalue weighted by Gasteiger charge is -2.03. The predicted octanol–water partition coefficient (Wildman–Crippen LogP) is 3.87. The molecule has 0 unspecified atom stereocenters. The Morgan fingerprint density at radius 3 is 2.37 bits per heavy atom. The van der Waals surface area contributed by atoms with Crippen LogP contribution in [0.5, 0.6) is 0 Å². The smallest absolute Gasteiger partial charge is 0.163 e. The minimum Gasteiger partial charge on any atom is -0.383 e. The van der Waals surface area contributed by atoms with Gasteiger partial charge < -0.3 is 5.73 Å². The maximum atomic E-state index is 6.09. The number of anilines is 1. The van der Waals surface area contributed by atoms with Crippen LogP contribution in [0.25, 0.3) is 21.6 Å². The first kappa shape index (κ1) is 12.1. The summed E-state index contributed by atoms with van der Waals surface area (Å²) >= 11 is 1.67. The number of benzene rings is 1. The van der Waals surface area contributed by atoms with Crippen molar-refractivity contribution in [2.24, 2.45) is 0 Å². The van der Waals surface area contributed by atoms with Crippen molar-refractivity contribution in [2.75, 3.05) is 5.73 Å². The molecule has 0 aliphatic heterocycles. The summed E-state index contributed by atoms with van der Waals surface area (Å²) in [4.78, 5) is 11.3. The van der Waals surface area contributed by atoms with Gasteiger partial charge in [-0.2, -0.15) is 0 Å². The number of nitrogens with two attached hydrogens (primary N) is 1. The number of hydrogen-bond donors (Lipinski definition) is 1. The van der Waals surface area contributed by atoms with Crippen LogP contribution in [0.2, 0.25) is 0 Å². The van der Waals surface area contributed by atoms with Crippen LogP contribution < -0.4 is 5.73 Å². The summed E-state index contributed by atoms with van der Waals surface area (Å²) in [6.45, 7) is 6.22. The van der Waals surface area contributed by atoms with Gasteiger partial charge in [0.25, 0.3) is 0 Å². The zero-order valence-corrected chi connectivity index (χ0v) is 12.0. The van der Waals surface area contributed by atoms with E-state index in [2.05, 4.69) is 42.9 Å². The molecule has 0 amide bonds. The summed E-state index contributed by atoms with van der Waals surface area (Å²) in [6, 6.07) is 8.18. The van der Waals surface area contributed by atoms with Crippen LogP contribution >= 0.6 is 11.3 Å². The molecule has 3 aromatic rings. The third-order valence-electron chi connectivity index (χ3n) is 3.37. The molecule has 0 aliphatic carbocycles. The highest BCUT2D eigenvalue weighted by molar-refractivity contribution is 7.18. The molecule has 0 bridgehead atoms. The van der Waals surface area contributed by atoms with Gasteiger partial charge in [0.2, 0.25) is 0 Å². The number of rotatable bonds is 1. The largest absolute Gasteiger partial charge is 0.383 e. The monoisotopic (exact) mass is 269 g/mol. The van der Waals surface area contributed by atoms with Gasteiger partial charge in [0.15, 0.2) is 5.82 Å². The number of nitrogens with zero attached hydrogens (tertiary/aromatic N) is 2. The zero-order chi connectivity index (χ0) is 13.6. The lowest BCUT2D eigenvalue weighted by molar-refractivity contribution is 1.24. The van der Waals surface area contributed by atoms with Crippen molar-refractivity contribution in [3.05, 3.63) is 40.3 Å². The van der Waals surface area contributed by atoms with Crippen LogP contribution in [0.1, 0.15) is 16.0 Å². The molecule has 3 rings (SSSR count). The van der Waals surface area contributed by atoms with E-state index in [1.807, 2.05) is 12.1 Å². The SMILES string of the molecule is Cc1ccc(-c2nc(N)c3c(C)c(C)sc3n2)cc1. The predicted molar refractivity (Wildman–Crippen MR) is 81.5 cm³/mol. The molecule has 2 heterocycles. The number of aromatic nitrogens is 2. The maximum absolute atomic E-state index is 6.09. The number of hydrogen-bond acceptors (Lipinski definition) is 4. The van der Waals surface area contributed by atoms with Crippen LogP contribution in [0.3, 0.4) is 0 Å². The Kier molecular flexibility index (Phi) is 2.75. The molecule has 0 spiro atoms. The number of aryl methyl sites for hydroxylation is 3. The summed E-state index contributed by atoms with van der Waals surface area (Å²) in [6.07, 6.45) is 0. The standard InChI is InChI=1S/C15H15N3S/c1-8-4-6-11(7-5-8)14-17-13(16)12-9(2)10(3)19-15(12)18-14/h4-7H,1-3H3,(H2,16,17,18). The molecule has 2 N–H and O–H groups in total. The maximum Gasteiger partial charge on any atom is 0.163 e. The highest BCUT2D eigenvalue weighted by atomic mass is 32.1. The minimum atomic E-state index is 0.572. The number of nitrogen functional groups attached to an aromatic ring is 1. The summed E-state index contributed by atoms with van der Waals surface area (Å²) < 4.78 is 0. The van der Waals surface area contributed by atoms with Crippen LogP contribution in [0, 0.1) is 20.8 Å². The second-order valence-corrected chi connectivity index (χ2v) is 5.97. The van der Waals surface area contributed by atoms with E-state index in [-0.39, 0.29) is 0 Å². The molecule has 1 aromatic carbocycles. The second-order valence-electron chi connectivity index (χ2n) is 4.76. The highest BCUT2D eigenvalue weighted by Gasteiger charge is 2.13.